The number of benzene rings is 2. The van der Waals surface area contributed by atoms with Gasteiger partial charge in [0.1, 0.15) is 11.3 Å². The molecule has 3 rings (SSSR count). The van der Waals surface area contributed by atoms with E-state index in [1.165, 1.54) is 38.8 Å². The Kier molecular flexibility index (Phi) is 8.53. The lowest BCUT2D eigenvalue weighted by Crippen LogP contribution is -2.28. The molecule has 0 unspecified atom stereocenters. The summed E-state index contributed by atoms with van der Waals surface area (Å²) in [6.07, 6.45) is 5.95. The number of carbonyl (C=O) groups is 1. The molecule has 0 saturated heterocycles. The van der Waals surface area contributed by atoms with E-state index >= 15 is 0 Å². The predicted octanol–water partition coefficient (Wildman–Crippen LogP) is 5.92. The highest BCUT2D eigenvalue weighted by molar-refractivity contribution is 6.09. The quantitative estimate of drug-likeness (QED) is 0.210. The molecule has 0 saturated carbocycles. The van der Waals surface area contributed by atoms with E-state index in [-0.39, 0.29) is 5.78 Å². The van der Waals surface area contributed by atoms with Gasteiger partial charge in [-0.3, -0.25) is 4.79 Å². The third-order valence-electron chi connectivity index (χ3n) is 5.42. The minimum atomic E-state index is -0.149. The van der Waals surface area contributed by atoms with Gasteiger partial charge in [-0.05, 0) is 80.9 Å². The number of nitrogens with zero attached hydrogens (tertiary/aromatic N) is 1. The van der Waals surface area contributed by atoms with E-state index in [1.807, 2.05) is 12.1 Å². The van der Waals surface area contributed by atoms with Crippen LogP contribution in [0.3, 0.4) is 0 Å². The van der Waals surface area contributed by atoms with E-state index in [9.17, 15) is 4.79 Å². The smallest absolute Gasteiger partial charge is 0.228 e. The molecular weight excluding hydrogens is 388 g/mol. The number of carbonyl (C=O) groups excluding carboxylic acids is 1. The maximum absolute atomic E-state index is 12.7. The zero-order valence-corrected chi connectivity index (χ0v) is 18.7. The fraction of sp³-hybridized carbons (Fsp3) is 0.423. The molecule has 0 fully saturated rings. The van der Waals surface area contributed by atoms with Crippen molar-refractivity contribution in [2.45, 2.75) is 46.0 Å². The van der Waals surface area contributed by atoms with Crippen LogP contribution in [-0.4, -0.2) is 36.9 Å². The summed E-state index contributed by atoms with van der Waals surface area (Å²) in [4.78, 5) is 15.3. The van der Waals surface area contributed by atoms with Crippen LogP contribution < -0.4 is 10.5 Å². The maximum Gasteiger partial charge on any atom is 0.228 e. The van der Waals surface area contributed by atoms with Crippen LogP contribution in [0.4, 0.5) is 5.69 Å². The largest absolute Gasteiger partial charge is 0.494 e. The number of nitrogen functional groups attached to an aromatic ring is 1. The van der Waals surface area contributed by atoms with Crippen molar-refractivity contribution in [1.29, 1.82) is 0 Å². The molecule has 0 aliphatic carbocycles. The molecule has 0 bridgehead atoms. The average Bonchev–Trinajstić information content (AvgIpc) is 3.21. The fourth-order valence-electron chi connectivity index (χ4n) is 3.60. The first-order valence-corrected chi connectivity index (χ1v) is 11.4. The third-order valence-corrected chi connectivity index (χ3v) is 5.42. The Labute approximate surface area is 185 Å². The minimum Gasteiger partial charge on any atom is -0.494 e. The molecule has 0 atom stereocenters. The Bertz CT molecular complexity index is 954. The second kappa shape index (κ2) is 11.6. The maximum atomic E-state index is 12.7. The summed E-state index contributed by atoms with van der Waals surface area (Å²) in [5.74, 6) is 0.944. The molecule has 0 spiro atoms. The highest BCUT2D eigenvalue weighted by Crippen LogP contribution is 2.24. The van der Waals surface area contributed by atoms with Crippen molar-refractivity contribution >= 4 is 22.4 Å². The Morgan fingerprint density at radius 2 is 1.61 bits per heavy atom. The van der Waals surface area contributed by atoms with Crippen LogP contribution in [-0.2, 0) is 0 Å². The fourth-order valence-corrected chi connectivity index (χ4v) is 3.60. The van der Waals surface area contributed by atoms with Crippen LogP contribution in [0.1, 0.15) is 62.1 Å². The summed E-state index contributed by atoms with van der Waals surface area (Å²) >= 11 is 0. The van der Waals surface area contributed by atoms with Crippen molar-refractivity contribution in [2.75, 3.05) is 32.0 Å². The first-order valence-electron chi connectivity index (χ1n) is 11.4. The van der Waals surface area contributed by atoms with Crippen LogP contribution in [0.25, 0.3) is 11.0 Å². The Hall–Kier alpha value is -2.79. The number of ether oxygens (including phenoxy) is 1. The van der Waals surface area contributed by atoms with Gasteiger partial charge < -0.3 is 19.8 Å². The number of unbranched alkanes of at least 4 members (excludes halogenated alkanes) is 2. The monoisotopic (exact) mass is 422 g/mol. The molecule has 0 amide bonds. The highest BCUT2D eigenvalue weighted by atomic mass is 16.5. The minimum absolute atomic E-state index is 0.149. The molecule has 5 nitrogen and oxygen atoms in total. The van der Waals surface area contributed by atoms with Crippen LogP contribution >= 0.6 is 0 Å². The number of rotatable bonds is 13. The number of ketones is 1. The molecule has 0 aliphatic heterocycles. The number of anilines is 1. The Morgan fingerprint density at radius 1 is 0.935 bits per heavy atom. The Morgan fingerprint density at radius 3 is 2.29 bits per heavy atom. The van der Waals surface area contributed by atoms with Crippen molar-refractivity contribution in [3.8, 4) is 5.75 Å². The van der Waals surface area contributed by atoms with Gasteiger partial charge in [-0.15, -0.1) is 0 Å². The SMILES string of the molecule is CCCCN(CCCC)CCCOc1ccc(C(=O)c2cc3cc(N)ccc3o2)cc1. The lowest BCUT2D eigenvalue weighted by molar-refractivity contribution is 0.101. The van der Waals surface area contributed by atoms with Gasteiger partial charge in [-0.1, -0.05) is 26.7 Å². The van der Waals surface area contributed by atoms with Gasteiger partial charge in [0.25, 0.3) is 0 Å². The molecule has 0 radical (unpaired) electrons. The first-order chi connectivity index (χ1) is 15.1. The van der Waals surface area contributed by atoms with Gasteiger partial charge in [0, 0.05) is 23.2 Å². The normalized spacial score (nSPS) is 11.3. The zero-order chi connectivity index (χ0) is 22.1. The topological polar surface area (TPSA) is 68.7 Å². The summed E-state index contributed by atoms with van der Waals surface area (Å²) in [5, 5.41) is 0.829. The van der Waals surface area contributed by atoms with E-state index in [2.05, 4.69) is 18.7 Å². The number of furan rings is 1. The molecule has 166 valence electrons. The van der Waals surface area contributed by atoms with E-state index in [0.29, 0.717) is 29.2 Å². The van der Waals surface area contributed by atoms with E-state index in [1.54, 1.807) is 36.4 Å². The van der Waals surface area contributed by atoms with Gasteiger partial charge >= 0.3 is 0 Å². The standard InChI is InChI=1S/C26H34N2O3/c1-3-5-14-28(15-6-4-2)16-7-17-30-23-11-8-20(9-12-23)26(29)25-19-21-18-22(27)10-13-24(21)31-25/h8-13,18-19H,3-7,14-17,27H2,1-2H3. The number of hydrogen-bond donors (Lipinski definition) is 1. The van der Waals surface area contributed by atoms with Crippen LogP contribution in [0.2, 0.25) is 0 Å². The molecule has 3 aromatic rings. The number of nitrogens with two attached hydrogens (primary N) is 1. The summed E-state index contributed by atoms with van der Waals surface area (Å²) < 4.78 is 11.6. The van der Waals surface area contributed by atoms with Gasteiger partial charge in [-0.25, -0.2) is 0 Å². The molecule has 31 heavy (non-hydrogen) atoms. The zero-order valence-electron chi connectivity index (χ0n) is 18.7. The summed E-state index contributed by atoms with van der Waals surface area (Å²) in [7, 11) is 0. The second-order valence-corrected chi connectivity index (χ2v) is 8.01. The van der Waals surface area contributed by atoms with Crippen LogP contribution in [0, 0.1) is 0 Å². The van der Waals surface area contributed by atoms with E-state index in [4.69, 9.17) is 14.9 Å². The first kappa shape index (κ1) is 22.9. The molecule has 5 heteroatoms. The van der Waals surface area contributed by atoms with Crippen molar-refractivity contribution in [1.82, 2.24) is 4.90 Å². The van der Waals surface area contributed by atoms with Crippen molar-refractivity contribution in [3.05, 3.63) is 59.9 Å². The van der Waals surface area contributed by atoms with Gasteiger partial charge in [-0.2, -0.15) is 0 Å². The summed E-state index contributed by atoms with van der Waals surface area (Å²) in [6.45, 7) is 8.54. The molecule has 1 heterocycles. The van der Waals surface area contributed by atoms with Crippen LogP contribution in [0.5, 0.6) is 5.75 Å². The molecule has 0 aliphatic rings. The molecular formula is C26H34N2O3. The molecule has 2 aromatic carbocycles. The second-order valence-electron chi connectivity index (χ2n) is 8.01. The molecule has 2 N–H and O–H groups in total. The van der Waals surface area contributed by atoms with Crippen molar-refractivity contribution < 1.29 is 13.9 Å². The average molecular weight is 423 g/mol. The van der Waals surface area contributed by atoms with Gasteiger partial charge in [0.2, 0.25) is 5.78 Å². The lowest BCUT2D eigenvalue weighted by atomic mass is 10.1. The number of fused-ring (bicyclic) bond motifs is 1. The number of hydrogen-bond acceptors (Lipinski definition) is 5. The van der Waals surface area contributed by atoms with E-state index in [0.717, 1.165) is 24.1 Å². The Balaban J connectivity index is 1.50. The van der Waals surface area contributed by atoms with E-state index < -0.39 is 0 Å². The predicted molar refractivity (Wildman–Crippen MR) is 127 cm³/mol. The van der Waals surface area contributed by atoms with Gasteiger partial charge in [0.05, 0.1) is 6.61 Å². The molecule has 1 aromatic heterocycles. The van der Waals surface area contributed by atoms with Crippen molar-refractivity contribution in [2.24, 2.45) is 0 Å². The highest BCUT2D eigenvalue weighted by Gasteiger charge is 2.15. The van der Waals surface area contributed by atoms with Crippen LogP contribution in [0.15, 0.2) is 52.9 Å². The lowest BCUT2D eigenvalue weighted by Gasteiger charge is -2.21. The summed E-state index contributed by atoms with van der Waals surface area (Å²) in [6, 6.07) is 14.4. The van der Waals surface area contributed by atoms with Gasteiger partial charge in [0.15, 0.2) is 5.76 Å². The summed E-state index contributed by atoms with van der Waals surface area (Å²) in [5.41, 5.74) is 7.68. The third kappa shape index (κ3) is 6.59. The van der Waals surface area contributed by atoms with Crippen molar-refractivity contribution in [3.63, 3.8) is 0 Å².